The fraction of sp³-hybridized carbons (Fsp3) is 0.333. The van der Waals surface area contributed by atoms with Gasteiger partial charge in [-0.2, -0.15) is 0 Å². The van der Waals surface area contributed by atoms with Crippen LogP contribution in [-0.2, 0) is 16.0 Å². The van der Waals surface area contributed by atoms with Gasteiger partial charge in [-0.15, -0.1) is 0 Å². The predicted octanol–water partition coefficient (Wildman–Crippen LogP) is 4.12. The van der Waals surface area contributed by atoms with E-state index >= 15 is 0 Å². The molecule has 2 N–H and O–H groups in total. The minimum absolute atomic E-state index is 0.0289. The lowest BCUT2D eigenvalue weighted by Gasteiger charge is -2.16. The topological polar surface area (TPSA) is 67.4 Å². The number of halogens is 1. The number of carbonyl (C=O) groups is 2. The third kappa shape index (κ3) is 6.61. The summed E-state index contributed by atoms with van der Waals surface area (Å²) in [4.78, 5) is 24.1. The molecule has 0 bridgehead atoms. The highest BCUT2D eigenvalue weighted by atomic mass is 35.5. The molecule has 0 aliphatic rings. The van der Waals surface area contributed by atoms with Crippen LogP contribution in [0.3, 0.4) is 0 Å². The molecule has 1 unspecified atom stereocenters. The lowest BCUT2D eigenvalue weighted by atomic mass is 10.1. The molecule has 0 heterocycles. The Morgan fingerprint density at radius 1 is 1.07 bits per heavy atom. The number of anilines is 1. The lowest BCUT2D eigenvalue weighted by molar-refractivity contribution is -0.122. The number of hydrogen-bond donors (Lipinski definition) is 2. The normalized spacial score (nSPS) is 11.8. The second kappa shape index (κ2) is 9.42. The van der Waals surface area contributed by atoms with E-state index in [0.29, 0.717) is 22.9 Å². The van der Waals surface area contributed by atoms with Gasteiger partial charge < -0.3 is 15.4 Å². The van der Waals surface area contributed by atoms with E-state index in [1.54, 1.807) is 31.2 Å². The summed E-state index contributed by atoms with van der Waals surface area (Å²) in [6.07, 6.45) is -0.404. The Labute approximate surface area is 165 Å². The van der Waals surface area contributed by atoms with Crippen LogP contribution in [0.5, 0.6) is 5.75 Å². The van der Waals surface area contributed by atoms with E-state index in [0.717, 1.165) is 11.1 Å². The van der Waals surface area contributed by atoms with Gasteiger partial charge in [0.05, 0.1) is 11.4 Å². The molecule has 27 heavy (non-hydrogen) atoms. The summed E-state index contributed by atoms with van der Waals surface area (Å²) in [5, 5.41) is 6.11. The van der Waals surface area contributed by atoms with Crippen LogP contribution >= 0.6 is 11.6 Å². The summed E-state index contributed by atoms with van der Waals surface area (Å²) in [5.74, 6) is 0.169. The third-order valence-corrected chi connectivity index (χ3v) is 4.11. The van der Waals surface area contributed by atoms with Gasteiger partial charge in [-0.3, -0.25) is 9.59 Å². The minimum atomic E-state index is -0.708. The van der Waals surface area contributed by atoms with Crippen molar-refractivity contribution in [3.8, 4) is 5.75 Å². The van der Waals surface area contributed by atoms with Crippen LogP contribution in [0, 0.1) is 6.92 Å². The average Bonchev–Trinajstić information content (AvgIpc) is 2.59. The van der Waals surface area contributed by atoms with E-state index in [9.17, 15) is 9.59 Å². The summed E-state index contributed by atoms with van der Waals surface area (Å²) in [6, 6.07) is 12.7. The molecule has 5 nitrogen and oxygen atoms in total. The largest absolute Gasteiger partial charge is 0.479 e. The first-order valence-electron chi connectivity index (χ1n) is 8.86. The maximum Gasteiger partial charge on any atom is 0.265 e. The van der Waals surface area contributed by atoms with Gasteiger partial charge in [0.1, 0.15) is 5.75 Å². The fourth-order valence-corrected chi connectivity index (χ4v) is 2.62. The number of carbonyl (C=O) groups excluding carboxylic acids is 2. The number of aryl methyl sites for hydroxylation is 1. The lowest BCUT2D eigenvalue weighted by Crippen LogP contribution is -2.31. The Bertz CT molecular complexity index is 804. The van der Waals surface area contributed by atoms with E-state index in [2.05, 4.69) is 10.6 Å². The van der Waals surface area contributed by atoms with Crippen molar-refractivity contribution in [3.05, 3.63) is 58.6 Å². The molecule has 0 aliphatic carbocycles. The molecule has 2 amide bonds. The number of ether oxygens (including phenoxy) is 1. The van der Waals surface area contributed by atoms with Gasteiger partial charge in [-0.1, -0.05) is 29.8 Å². The van der Waals surface area contributed by atoms with E-state index in [4.69, 9.17) is 16.3 Å². The second-order valence-electron chi connectivity index (χ2n) is 6.78. The molecule has 0 aliphatic heterocycles. The highest BCUT2D eigenvalue weighted by Crippen LogP contribution is 2.26. The molecule has 2 rings (SSSR count). The van der Waals surface area contributed by atoms with Gasteiger partial charge in [0.15, 0.2) is 6.10 Å². The van der Waals surface area contributed by atoms with E-state index < -0.39 is 6.10 Å². The number of hydrogen-bond acceptors (Lipinski definition) is 3. The van der Waals surface area contributed by atoms with Crippen LogP contribution in [0.15, 0.2) is 42.5 Å². The molecule has 2 aromatic rings. The zero-order valence-electron chi connectivity index (χ0n) is 16.0. The van der Waals surface area contributed by atoms with Crippen LogP contribution < -0.4 is 15.4 Å². The smallest absolute Gasteiger partial charge is 0.265 e. The molecule has 0 saturated carbocycles. The monoisotopic (exact) mass is 388 g/mol. The first-order valence-corrected chi connectivity index (χ1v) is 9.24. The standard InChI is InChI=1S/C21H25ClN2O3/c1-13(2)23-20(25)12-16-6-8-17(9-7-16)24-21(26)15(4)27-19-11-14(3)5-10-18(19)22/h5-11,13,15H,12H2,1-4H3,(H,23,25)(H,24,26). The third-order valence-electron chi connectivity index (χ3n) is 3.80. The summed E-state index contributed by atoms with van der Waals surface area (Å²) >= 11 is 6.11. The maximum atomic E-state index is 12.4. The summed E-state index contributed by atoms with van der Waals surface area (Å²) in [7, 11) is 0. The number of rotatable bonds is 7. The van der Waals surface area contributed by atoms with Gasteiger partial charge in [-0.05, 0) is 63.1 Å². The fourth-order valence-electron chi connectivity index (χ4n) is 2.45. The van der Waals surface area contributed by atoms with Gasteiger partial charge in [0, 0.05) is 11.7 Å². The minimum Gasteiger partial charge on any atom is -0.479 e. The Morgan fingerprint density at radius 3 is 2.37 bits per heavy atom. The Morgan fingerprint density at radius 2 is 1.74 bits per heavy atom. The van der Waals surface area contributed by atoms with Crippen molar-refractivity contribution in [3.63, 3.8) is 0 Å². The van der Waals surface area contributed by atoms with Gasteiger partial charge in [-0.25, -0.2) is 0 Å². The van der Waals surface area contributed by atoms with Crippen molar-refractivity contribution >= 4 is 29.1 Å². The molecule has 0 aromatic heterocycles. The molecular formula is C21H25ClN2O3. The van der Waals surface area contributed by atoms with Gasteiger partial charge in [0.25, 0.3) is 5.91 Å². The van der Waals surface area contributed by atoms with Crippen LogP contribution in [0.2, 0.25) is 5.02 Å². The molecule has 0 fully saturated rings. The Kier molecular flexibility index (Phi) is 7.25. The quantitative estimate of drug-likeness (QED) is 0.749. The van der Waals surface area contributed by atoms with Gasteiger partial charge >= 0.3 is 0 Å². The second-order valence-corrected chi connectivity index (χ2v) is 7.19. The zero-order chi connectivity index (χ0) is 20.0. The number of benzene rings is 2. The molecule has 2 aromatic carbocycles. The average molecular weight is 389 g/mol. The van der Waals surface area contributed by atoms with E-state index in [-0.39, 0.29) is 17.9 Å². The summed E-state index contributed by atoms with van der Waals surface area (Å²) in [6.45, 7) is 7.43. The highest BCUT2D eigenvalue weighted by molar-refractivity contribution is 6.32. The number of amides is 2. The van der Waals surface area contributed by atoms with Crippen molar-refractivity contribution in [2.75, 3.05) is 5.32 Å². The van der Waals surface area contributed by atoms with E-state index in [1.165, 1.54) is 0 Å². The first kappa shape index (κ1) is 20.8. The molecular weight excluding hydrogens is 364 g/mol. The Balaban J connectivity index is 1.93. The molecule has 1 atom stereocenters. The predicted molar refractivity (Wildman–Crippen MR) is 108 cm³/mol. The van der Waals surface area contributed by atoms with E-state index in [1.807, 2.05) is 39.0 Å². The van der Waals surface area contributed by atoms with Crippen LogP contribution in [0.4, 0.5) is 5.69 Å². The maximum absolute atomic E-state index is 12.4. The van der Waals surface area contributed by atoms with Crippen LogP contribution in [0.25, 0.3) is 0 Å². The van der Waals surface area contributed by atoms with Crippen molar-refractivity contribution in [1.82, 2.24) is 5.32 Å². The summed E-state index contributed by atoms with van der Waals surface area (Å²) in [5.41, 5.74) is 2.51. The van der Waals surface area contributed by atoms with Crippen molar-refractivity contribution < 1.29 is 14.3 Å². The molecule has 6 heteroatoms. The number of nitrogens with one attached hydrogen (secondary N) is 2. The zero-order valence-corrected chi connectivity index (χ0v) is 16.8. The van der Waals surface area contributed by atoms with Gasteiger partial charge in [0.2, 0.25) is 5.91 Å². The first-order chi connectivity index (χ1) is 12.7. The molecule has 0 radical (unpaired) electrons. The SMILES string of the molecule is Cc1ccc(Cl)c(OC(C)C(=O)Nc2ccc(CC(=O)NC(C)C)cc2)c1. The summed E-state index contributed by atoms with van der Waals surface area (Å²) < 4.78 is 5.68. The van der Waals surface area contributed by atoms with Crippen molar-refractivity contribution in [1.29, 1.82) is 0 Å². The van der Waals surface area contributed by atoms with Crippen LogP contribution in [-0.4, -0.2) is 24.0 Å². The van der Waals surface area contributed by atoms with Crippen molar-refractivity contribution in [2.24, 2.45) is 0 Å². The molecule has 0 spiro atoms. The molecule has 144 valence electrons. The molecule has 0 saturated heterocycles. The Hall–Kier alpha value is -2.53. The van der Waals surface area contributed by atoms with Crippen LogP contribution in [0.1, 0.15) is 31.9 Å². The highest BCUT2D eigenvalue weighted by Gasteiger charge is 2.16. The van der Waals surface area contributed by atoms with Crippen molar-refractivity contribution in [2.45, 2.75) is 46.3 Å².